The molecule has 25 heavy (non-hydrogen) atoms. The molecule has 2 aliphatic rings. The number of hydrogen-bond acceptors (Lipinski definition) is 3. The van der Waals surface area contributed by atoms with Gasteiger partial charge in [-0.1, -0.05) is 12.1 Å². The van der Waals surface area contributed by atoms with Crippen LogP contribution in [-0.4, -0.2) is 39.3 Å². The summed E-state index contributed by atoms with van der Waals surface area (Å²) in [6.07, 6.45) is 2.65. The van der Waals surface area contributed by atoms with Crippen LogP contribution in [0.15, 0.2) is 35.7 Å². The summed E-state index contributed by atoms with van der Waals surface area (Å²) in [5.74, 6) is -1.27. The molecule has 1 aromatic heterocycles. The fourth-order valence-electron chi connectivity index (χ4n) is 4.55. The fraction of sp³-hybridized carbons (Fsp3) is 0.400. The molecule has 2 aromatic rings. The topological polar surface area (TPSA) is 73.4 Å². The molecule has 1 aliphatic heterocycles. The monoisotopic (exact) mass is 338 g/mol. The van der Waals surface area contributed by atoms with E-state index in [0.29, 0.717) is 0 Å². The molecule has 0 bridgehead atoms. The highest BCUT2D eigenvalue weighted by atomic mass is 16.3. The van der Waals surface area contributed by atoms with Gasteiger partial charge in [0, 0.05) is 35.6 Å². The summed E-state index contributed by atoms with van der Waals surface area (Å²) >= 11 is 0. The van der Waals surface area contributed by atoms with Gasteiger partial charge in [-0.15, -0.1) is 0 Å². The van der Waals surface area contributed by atoms with E-state index in [1.54, 1.807) is 11.9 Å². The van der Waals surface area contributed by atoms with Crippen molar-refractivity contribution in [3.05, 3.63) is 46.9 Å². The predicted octanol–water partition coefficient (Wildman–Crippen LogP) is 3.08. The lowest BCUT2D eigenvalue weighted by molar-refractivity contribution is -0.133. The number of hydrogen-bond donors (Lipinski definition) is 2. The van der Waals surface area contributed by atoms with Crippen molar-refractivity contribution in [1.82, 2.24) is 9.88 Å². The van der Waals surface area contributed by atoms with E-state index in [-0.39, 0.29) is 23.2 Å². The lowest BCUT2D eigenvalue weighted by Gasteiger charge is -2.45. The number of aliphatic hydroxyl groups is 1. The number of carbonyl (C=O) groups excluding carboxylic acids is 2. The zero-order valence-corrected chi connectivity index (χ0v) is 14.9. The van der Waals surface area contributed by atoms with Gasteiger partial charge in [0.2, 0.25) is 0 Å². The number of allylic oxidation sites excluding steroid dienone is 1. The number of H-pyrrole nitrogens is 1. The van der Waals surface area contributed by atoms with Crippen molar-refractivity contribution >= 4 is 22.6 Å². The Morgan fingerprint density at radius 2 is 2.08 bits per heavy atom. The summed E-state index contributed by atoms with van der Waals surface area (Å²) in [5.41, 5.74) is 2.60. The van der Waals surface area contributed by atoms with Crippen molar-refractivity contribution in [1.29, 1.82) is 0 Å². The number of fused-ring (bicyclic) bond motifs is 2. The van der Waals surface area contributed by atoms with E-state index >= 15 is 0 Å². The molecule has 1 amide bonds. The smallest absolute Gasteiger partial charge is 0.261 e. The Morgan fingerprint density at radius 1 is 1.36 bits per heavy atom. The molecule has 0 saturated heterocycles. The van der Waals surface area contributed by atoms with Gasteiger partial charge in [0.05, 0.1) is 0 Å². The predicted molar refractivity (Wildman–Crippen MR) is 95.4 cm³/mol. The molecule has 0 radical (unpaired) electrons. The number of nitrogens with zero attached hydrogens (tertiary/aromatic N) is 1. The Labute approximate surface area is 146 Å². The first kappa shape index (κ1) is 15.9. The summed E-state index contributed by atoms with van der Waals surface area (Å²) in [4.78, 5) is 29.9. The second-order valence-electron chi connectivity index (χ2n) is 7.71. The van der Waals surface area contributed by atoms with Crippen LogP contribution in [0.3, 0.4) is 0 Å². The largest absolute Gasteiger partial charge is 0.511 e. The summed E-state index contributed by atoms with van der Waals surface area (Å²) in [6.45, 7) is 5.36. The normalized spacial score (nSPS) is 25.1. The van der Waals surface area contributed by atoms with Crippen LogP contribution in [0.4, 0.5) is 0 Å². The first-order valence-electron chi connectivity index (χ1n) is 8.56. The van der Waals surface area contributed by atoms with E-state index < -0.39 is 17.2 Å². The van der Waals surface area contributed by atoms with Crippen LogP contribution in [0.25, 0.3) is 10.9 Å². The van der Waals surface area contributed by atoms with Crippen LogP contribution in [-0.2, 0) is 16.0 Å². The Bertz CT molecular complexity index is 951. The summed E-state index contributed by atoms with van der Waals surface area (Å²) in [5, 5.41) is 12.1. The summed E-state index contributed by atoms with van der Waals surface area (Å²) < 4.78 is 0. The third-order valence-electron chi connectivity index (χ3n) is 6.19. The average molecular weight is 338 g/mol. The van der Waals surface area contributed by atoms with Crippen LogP contribution >= 0.6 is 0 Å². The lowest BCUT2D eigenvalue weighted by atomic mass is 9.67. The zero-order valence-electron chi connectivity index (χ0n) is 14.9. The molecule has 2 N–H and O–H groups in total. The van der Waals surface area contributed by atoms with Crippen LogP contribution in [0.1, 0.15) is 37.8 Å². The maximum Gasteiger partial charge on any atom is 0.261 e. The Kier molecular flexibility index (Phi) is 3.17. The standard InChI is InChI=1S/C20H22N2O3/c1-10(23)15-18(24)17-12-9-21-14-7-5-6-11(16(12)14)8-13(17)20(2,3)22(4)19(15)25/h5-7,9,13,17,21,24H,8H2,1-4H3/t13-,17+/m0/s1. The van der Waals surface area contributed by atoms with Gasteiger partial charge in [-0.05, 0) is 50.3 Å². The molecule has 130 valence electrons. The lowest BCUT2D eigenvalue weighted by Crippen LogP contribution is -2.52. The fourth-order valence-corrected chi connectivity index (χ4v) is 4.55. The maximum atomic E-state index is 12.9. The number of likely N-dealkylation sites (N-methyl/N-ethyl adjacent to an activating group) is 1. The van der Waals surface area contributed by atoms with Crippen LogP contribution in [0.2, 0.25) is 0 Å². The quantitative estimate of drug-likeness (QED) is 0.785. The number of benzene rings is 1. The van der Waals surface area contributed by atoms with E-state index in [0.717, 1.165) is 22.9 Å². The highest BCUT2D eigenvalue weighted by Crippen LogP contribution is 2.50. The highest BCUT2D eigenvalue weighted by molar-refractivity contribution is 6.19. The third-order valence-corrected chi connectivity index (χ3v) is 6.19. The number of aliphatic hydroxyl groups excluding tert-OH is 1. The van der Waals surface area contributed by atoms with Gasteiger partial charge in [-0.25, -0.2) is 0 Å². The minimum atomic E-state index is -0.510. The van der Waals surface area contributed by atoms with Crippen molar-refractivity contribution < 1.29 is 14.7 Å². The third kappa shape index (κ3) is 1.95. The molecule has 0 fully saturated rings. The average Bonchev–Trinajstić information content (AvgIpc) is 2.97. The molecule has 0 unspecified atom stereocenters. The van der Waals surface area contributed by atoms with Crippen molar-refractivity contribution in [2.24, 2.45) is 5.92 Å². The maximum absolute atomic E-state index is 12.9. The van der Waals surface area contributed by atoms with Crippen LogP contribution in [0.5, 0.6) is 0 Å². The minimum absolute atomic E-state index is 0.0211. The minimum Gasteiger partial charge on any atom is -0.511 e. The van der Waals surface area contributed by atoms with Crippen LogP contribution in [0, 0.1) is 5.92 Å². The van der Waals surface area contributed by atoms with Crippen molar-refractivity contribution in [2.75, 3.05) is 7.05 Å². The molecule has 0 saturated carbocycles. The van der Waals surface area contributed by atoms with E-state index in [1.165, 1.54) is 12.5 Å². The number of amides is 1. The molecule has 1 aliphatic carbocycles. The molecule has 0 spiro atoms. The van der Waals surface area contributed by atoms with E-state index in [9.17, 15) is 14.7 Å². The van der Waals surface area contributed by atoms with Crippen molar-refractivity contribution in [3.8, 4) is 0 Å². The van der Waals surface area contributed by atoms with Gasteiger partial charge in [-0.2, -0.15) is 0 Å². The van der Waals surface area contributed by atoms with Gasteiger partial charge < -0.3 is 15.0 Å². The van der Waals surface area contributed by atoms with Crippen molar-refractivity contribution in [3.63, 3.8) is 0 Å². The van der Waals surface area contributed by atoms with E-state index in [4.69, 9.17) is 0 Å². The van der Waals surface area contributed by atoms with Gasteiger partial charge in [-0.3, -0.25) is 9.59 Å². The van der Waals surface area contributed by atoms with Crippen LogP contribution < -0.4 is 0 Å². The van der Waals surface area contributed by atoms with E-state index in [1.807, 2.05) is 32.2 Å². The number of aromatic nitrogens is 1. The zero-order chi connectivity index (χ0) is 18.1. The Balaban J connectivity index is 2.06. The molecule has 5 heteroatoms. The Hall–Kier alpha value is -2.56. The molecule has 2 heterocycles. The first-order valence-corrected chi connectivity index (χ1v) is 8.56. The first-order chi connectivity index (χ1) is 11.7. The molecule has 2 atom stereocenters. The molecule has 1 aromatic carbocycles. The molecule has 5 nitrogen and oxygen atoms in total. The van der Waals surface area contributed by atoms with Crippen molar-refractivity contribution in [2.45, 2.75) is 38.6 Å². The number of rotatable bonds is 1. The van der Waals surface area contributed by atoms with E-state index in [2.05, 4.69) is 11.1 Å². The summed E-state index contributed by atoms with van der Waals surface area (Å²) in [7, 11) is 1.72. The summed E-state index contributed by atoms with van der Waals surface area (Å²) in [6, 6.07) is 6.13. The van der Waals surface area contributed by atoms with Gasteiger partial charge in [0.25, 0.3) is 5.91 Å². The van der Waals surface area contributed by atoms with Gasteiger partial charge in [0.1, 0.15) is 11.3 Å². The second-order valence-corrected chi connectivity index (χ2v) is 7.71. The Morgan fingerprint density at radius 3 is 2.76 bits per heavy atom. The highest BCUT2D eigenvalue weighted by Gasteiger charge is 2.50. The number of aromatic amines is 1. The second kappa shape index (κ2) is 4.97. The number of Topliss-reactive ketones (excluding diaryl/α,β-unsaturated/α-hetero) is 1. The molecular formula is C20H22N2O3. The number of nitrogens with one attached hydrogen (secondary N) is 1. The SMILES string of the molecule is CC(=O)C1=C(O)[C@@H]2c3c[nH]c4cccc(c34)C[C@@H]2C(C)(C)N(C)C1=O. The number of ketones is 1. The number of carbonyl (C=O) groups is 2. The van der Waals surface area contributed by atoms with Gasteiger partial charge >= 0.3 is 0 Å². The molecule has 4 rings (SSSR count). The molecular weight excluding hydrogens is 316 g/mol. The van der Waals surface area contributed by atoms with Gasteiger partial charge in [0.15, 0.2) is 5.78 Å².